The van der Waals surface area contributed by atoms with E-state index in [1.54, 1.807) is 6.20 Å². The Labute approximate surface area is 94.3 Å². The Hall–Kier alpha value is -1.62. The van der Waals surface area contributed by atoms with Crippen LogP contribution in [-0.4, -0.2) is 15.1 Å². The third-order valence-electron chi connectivity index (χ3n) is 2.32. The van der Waals surface area contributed by atoms with Crippen LogP contribution in [0.3, 0.4) is 0 Å². The Balaban J connectivity index is 1.81. The molecule has 5 heteroatoms. The third-order valence-corrected chi connectivity index (χ3v) is 2.32. The van der Waals surface area contributed by atoms with Gasteiger partial charge >= 0.3 is 0 Å². The van der Waals surface area contributed by atoms with E-state index in [4.69, 9.17) is 4.52 Å². The van der Waals surface area contributed by atoms with Crippen LogP contribution in [0, 0.1) is 0 Å². The van der Waals surface area contributed by atoms with Gasteiger partial charge in [-0.3, -0.25) is 0 Å². The van der Waals surface area contributed by atoms with Gasteiger partial charge < -0.3 is 14.8 Å². The van der Waals surface area contributed by atoms with Crippen molar-refractivity contribution in [1.29, 1.82) is 0 Å². The summed E-state index contributed by atoms with van der Waals surface area (Å²) in [7, 11) is 0. The number of nitrogens with zero attached hydrogens (tertiary/aromatic N) is 2. The second kappa shape index (κ2) is 4.94. The molecule has 5 nitrogen and oxygen atoms in total. The summed E-state index contributed by atoms with van der Waals surface area (Å²) in [5, 5.41) is 7.22. The predicted octanol–water partition coefficient (Wildman–Crippen LogP) is 1.81. The fourth-order valence-electron chi connectivity index (χ4n) is 1.38. The first-order valence-corrected chi connectivity index (χ1v) is 5.40. The Morgan fingerprint density at radius 1 is 1.44 bits per heavy atom. The summed E-state index contributed by atoms with van der Waals surface area (Å²) in [5.74, 6) is 2.18. The van der Waals surface area contributed by atoms with E-state index in [2.05, 4.69) is 34.3 Å². The molecule has 2 N–H and O–H groups in total. The summed E-state index contributed by atoms with van der Waals surface area (Å²) in [5.41, 5.74) is 0.995. The standard InChI is InChI=1S/C11H16N4O/c1-8(2)10-5-9(16-15-10)6-12-7-11-13-3-4-14-11/h3-5,8,12H,6-7H2,1-2H3,(H,13,14). The zero-order chi connectivity index (χ0) is 11.4. The minimum absolute atomic E-state index is 0.405. The van der Waals surface area contributed by atoms with Crippen molar-refractivity contribution in [3.05, 3.63) is 35.7 Å². The zero-order valence-corrected chi connectivity index (χ0v) is 9.53. The van der Waals surface area contributed by atoms with Crippen molar-refractivity contribution in [3.63, 3.8) is 0 Å². The molecule has 0 aliphatic rings. The molecule has 2 rings (SSSR count). The lowest BCUT2D eigenvalue weighted by molar-refractivity contribution is 0.365. The van der Waals surface area contributed by atoms with Gasteiger partial charge in [-0.25, -0.2) is 4.98 Å². The van der Waals surface area contributed by atoms with Gasteiger partial charge in [0.2, 0.25) is 0 Å². The molecular formula is C11H16N4O. The van der Waals surface area contributed by atoms with E-state index in [0.717, 1.165) is 17.3 Å². The SMILES string of the molecule is CC(C)c1cc(CNCc2ncc[nH]2)on1. The highest BCUT2D eigenvalue weighted by atomic mass is 16.5. The maximum atomic E-state index is 5.20. The maximum absolute atomic E-state index is 5.20. The molecule has 0 unspecified atom stereocenters. The topological polar surface area (TPSA) is 66.7 Å². The molecule has 0 aliphatic carbocycles. The lowest BCUT2D eigenvalue weighted by Crippen LogP contribution is -2.13. The van der Waals surface area contributed by atoms with Crippen molar-refractivity contribution < 1.29 is 4.52 Å². The summed E-state index contributed by atoms with van der Waals surface area (Å²) in [6, 6.07) is 1.99. The van der Waals surface area contributed by atoms with E-state index in [1.807, 2.05) is 12.3 Å². The van der Waals surface area contributed by atoms with Gasteiger partial charge in [0.25, 0.3) is 0 Å². The fourth-order valence-corrected chi connectivity index (χ4v) is 1.38. The molecule has 0 saturated carbocycles. The van der Waals surface area contributed by atoms with Gasteiger partial charge in [-0.15, -0.1) is 0 Å². The number of H-pyrrole nitrogens is 1. The van der Waals surface area contributed by atoms with E-state index in [-0.39, 0.29) is 0 Å². The number of aromatic amines is 1. The first-order chi connectivity index (χ1) is 7.75. The first kappa shape index (κ1) is 10.9. The van der Waals surface area contributed by atoms with Crippen LogP contribution in [0.1, 0.15) is 37.0 Å². The highest BCUT2D eigenvalue weighted by molar-refractivity contribution is 5.08. The van der Waals surface area contributed by atoms with E-state index in [1.165, 1.54) is 0 Å². The molecule has 0 aromatic carbocycles. The molecule has 0 fully saturated rings. The van der Waals surface area contributed by atoms with Crippen molar-refractivity contribution in [3.8, 4) is 0 Å². The summed E-state index contributed by atoms with van der Waals surface area (Å²) in [6.45, 7) is 5.56. The van der Waals surface area contributed by atoms with Crippen LogP contribution in [0.4, 0.5) is 0 Å². The quantitative estimate of drug-likeness (QED) is 0.806. The molecule has 0 bridgehead atoms. The van der Waals surface area contributed by atoms with Crippen molar-refractivity contribution in [2.24, 2.45) is 0 Å². The lowest BCUT2D eigenvalue weighted by atomic mass is 10.1. The van der Waals surface area contributed by atoms with Crippen LogP contribution in [-0.2, 0) is 13.1 Å². The van der Waals surface area contributed by atoms with Crippen LogP contribution >= 0.6 is 0 Å². The molecule has 16 heavy (non-hydrogen) atoms. The van der Waals surface area contributed by atoms with Gasteiger partial charge in [0.1, 0.15) is 5.82 Å². The van der Waals surface area contributed by atoms with E-state index in [9.17, 15) is 0 Å². The van der Waals surface area contributed by atoms with Gasteiger partial charge in [-0.05, 0) is 5.92 Å². The summed E-state index contributed by atoms with van der Waals surface area (Å²) >= 11 is 0. The van der Waals surface area contributed by atoms with Crippen LogP contribution in [0.15, 0.2) is 23.0 Å². The molecule has 86 valence electrons. The van der Waals surface area contributed by atoms with Crippen molar-refractivity contribution in [2.75, 3.05) is 0 Å². The van der Waals surface area contributed by atoms with Crippen molar-refractivity contribution in [1.82, 2.24) is 20.4 Å². The summed E-state index contributed by atoms with van der Waals surface area (Å²) < 4.78 is 5.20. The Morgan fingerprint density at radius 2 is 2.31 bits per heavy atom. The summed E-state index contributed by atoms with van der Waals surface area (Å²) in [6.07, 6.45) is 3.55. The average molecular weight is 220 g/mol. The van der Waals surface area contributed by atoms with Crippen LogP contribution in [0.25, 0.3) is 0 Å². The highest BCUT2D eigenvalue weighted by Crippen LogP contribution is 2.13. The third kappa shape index (κ3) is 2.70. The van der Waals surface area contributed by atoms with E-state index < -0.39 is 0 Å². The number of nitrogens with one attached hydrogen (secondary N) is 2. The molecule has 0 radical (unpaired) electrons. The molecule has 2 aromatic heterocycles. The largest absolute Gasteiger partial charge is 0.360 e. The highest BCUT2D eigenvalue weighted by Gasteiger charge is 2.07. The molecule has 0 aliphatic heterocycles. The first-order valence-electron chi connectivity index (χ1n) is 5.40. The van der Waals surface area contributed by atoms with Gasteiger partial charge in [0, 0.05) is 18.5 Å². The molecule has 0 saturated heterocycles. The predicted molar refractivity (Wildman–Crippen MR) is 59.7 cm³/mol. The molecule has 0 amide bonds. The Kier molecular flexibility index (Phi) is 3.36. The number of imidazole rings is 1. The normalized spacial score (nSPS) is 11.2. The van der Waals surface area contributed by atoms with Gasteiger partial charge in [-0.1, -0.05) is 19.0 Å². The number of rotatable bonds is 5. The minimum atomic E-state index is 0.405. The smallest absolute Gasteiger partial charge is 0.150 e. The molecule has 2 aromatic rings. The zero-order valence-electron chi connectivity index (χ0n) is 9.53. The molecular weight excluding hydrogens is 204 g/mol. The molecule has 2 heterocycles. The Bertz CT molecular complexity index is 419. The van der Waals surface area contributed by atoms with E-state index in [0.29, 0.717) is 19.0 Å². The minimum Gasteiger partial charge on any atom is -0.360 e. The van der Waals surface area contributed by atoms with Crippen LogP contribution in [0.2, 0.25) is 0 Å². The number of hydrogen-bond donors (Lipinski definition) is 2. The van der Waals surface area contributed by atoms with Crippen LogP contribution < -0.4 is 5.32 Å². The summed E-state index contributed by atoms with van der Waals surface area (Å²) in [4.78, 5) is 7.14. The van der Waals surface area contributed by atoms with Crippen LogP contribution in [0.5, 0.6) is 0 Å². The second-order valence-corrected chi connectivity index (χ2v) is 4.01. The van der Waals surface area contributed by atoms with Crippen molar-refractivity contribution >= 4 is 0 Å². The number of hydrogen-bond acceptors (Lipinski definition) is 4. The van der Waals surface area contributed by atoms with E-state index >= 15 is 0 Å². The number of aromatic nitrogens is 3. The average Bonchev–Trinajstić information content (AvgIpc) is 2.87. The lowest BCUT2D eigenvalue weighted by Gasteiger charge is -1.98. The van der Waals surface area contributed by atoms with Gasteiger partial charge in [0.15, 0.2) is 5.76 Å². The monoisotopic (exact) mass is 220 g/mol. The van der Waals surface area contributed by atoms with Gasteiger partial charge in [-0.2, -0.15) is 0 Å². The maximum Gasteiger partial charge on any atom is 0.150 e. The molecule has 0 spiro atoms. The molecule has 0 atom stereocenters. The van der Waals surface area contributed by atoms with Gasteiger partial charge in [0.05, 0.1) is 18.8 Å². The Morgan fingerprint density at radius 3 is 2.94 bits per heavy atom. The van der Waals surface area contributed by atoms with Crippen molar-refractivity contribution in [2.45, 2.75) is 32.9 Å². The second-order valence-electron chi connectivity index (χ2n) is 4.01. The fraction of sp³-hybridized carbons (Fsp3) is 0.455.